The van der Waals surface area contributed by atoms with Crippen LogP contribution in [0.5, 0.6) is 0 Å². The molecule has 0 radical (unpaired) electrons. The molecule has 12 heavy (non-hydrogen) atoms. The molecule has 0 aromatic rings. The summed E-state index contributed by atoms with van der Waals surface area (Å²) in [7, 11) is 1.94. The van der Waals surface area contributed by atoms with Crippen LogP contribution >= 0.6 is 0 Å². The third-order valence-corrected chi connectivity index (χ3v) is 2.52. The number of likely N-dealkylation sites (N-methyl/N-ethyl adjacent to an activating group) is 1. The minimum Gasteiger partial charge on any atom is -0.363 e. The van der Waals surface area contributed by atoms with E-state index in [0.29, 0.717) is 12.6 Å². The van der Waals surface area contributed by atoms with E-state index in [1.165, 1.54) is 0 Å². The van der Waals surface area contributed by atoms with Crippen molar-refractivity contribution in [3.8, 4) is 0 Å². The third-order valence-electron chi connectivity index (χ3n) is 2.52. The zero-order valence-electron chi connectivity index (χ0n) is 7.25. The van der Waals surface area contributed by atoms with E-state index >= 15 is 0 Å². The van der Waals surface area contributed by atoms with Crippen molar-refractivity contribution in [1.29, 1.82) is 0 Å². The van der Waals surface area contributed by atoms with Gasteiger partial charge in [0.05, 0.1) is 6.61 Å². The Morgan fingerprint density at radius 3 is 2.92 bits per heavy atom. The van der Waals surface area contributed by atoms with Crippen molar-refractivity contribution in [3.05, 3.63) is 0 Å². The largest absolute Gasteiger partial charge is 0.363 e. The average molecular weight is 170 g/mol. The highest BCUT2D eigenvalue weighted by atomic mass is 16.6. The molecule has 2 aliphatic rings. The van der Waals surface area contributed by atoms with E-state index in [1.54, 1.807) is 0 Å². The lowest BCUT2D eigenvalue weighted by atomic mass is 10.3. The zero-order chi connectivity index (χ0) is 8.55. The third kappa shape index (κ3) is 1.44. The molecule has 2 saturated heterocycles. The second-order valence-electron chi connectivity index (χ2n) is 3.38. The summed E-state index contributed by atoms with van der Waals surface area (Å²) in [6, 6.07) is 0.479. The molecular formula is C8H14N2O2. The van der Waals surface area contributed by atoms with E-state index in [0.717, 1.165) is 19.5 Å². The zero-order valence-corrected chi connectivity index (χ0v) is 7.25. The average Bonchev–Trinajstić information content (AvgIpc) is 2.82. The van der Waals surface area contributed by atoms with Gasteiger partial charge in [0.2, 0.25) is 0 Å². The molecule has 68 valence electrons. The van der Waals surface area contributed by atoms with Crippen LogP contribution in [0.25, 0.3) is 0 Å². The maximum atomic E-state index is 11.4. The highest BCUT2D eigenvalue weighted by Gasteiger charge is 2.37. The van der Waals surface area contributed by atoms with E-state index in [4.69, 9.17) is 4.74 Å². The molecular weight excluding hydrogens is 156 g/mol. The van der Waals surface area contributed by atoms with Crippen LogP contribution in [0.3, 0.4) is 0 Å². The number of likely N-dealkylation sites (tertiary alicyclic amines) is 1. The van der Waals surface area contributed by atoms with Crippen LogP contribution < -0.4 is 5.32 Å². The number of carbonyl (C=O) groups excluding carboxylic acids is 1. The van der Waals surface area contributed by atoms with Gasteiger partial charge in [-0.05, 0) is 13.5 Å². The van der Waals surface area contributed by atoms with Gasteiger partial charge in [-0.3, -0.25) is 4.79 Å². The summed E-state index contributed by atoms with van der Waals surface area (Å²) >= 11 is 0. The molecule has 2 aliphatic heterocycles. The number of nitrogens with zero attached hydrogens (tertiary/aromatic N) is 1. The summed E-state index contributed by atoms with van der Waals surface area (Å²) in [6.45, 7) is 2.35. The molecule has 0 aromatic carbocycles. The number of hydrogen-bond donors (Lipinski definition) is 1. The monoisotopic (exact) mass is 170 g/mol. The molecule has 4 heteroatoms. The van der Waals surface area contributed by atoms with Crippen molar-refractivity contribution in [1.82, 2.24) is 10.2 Å². The maximum absolute atomic E-state index is 11.4. The van der Waals surface area contributed by atoms with Crippen LogP contribution in [0.15, 0.2) is 0 Å². The van der Waals surface area contributed by atoms with Crippen molar-refractivity contribution < 1.29 is 9.53 Å². The molecule has 2 heterocycles. The van der Waals surface area contributed by atoms with Crippen LogP contribution in [-0.4, -0.2) is 49.7 Å². The van der Waals surface area contributed by atoms with E-state index in [1.807, 2.05) is 11.9 Å². The lowest BCUT2D eigenvalue weighted by Crippen LogP contribution is -2.35. The van der Waals surface area contributed by atoms with Gasteiger partial charge >= 0.3 is 0 Å². The minimum atomic E-state index is -0.111. The summed E-state index contributed by atoms with van der Waals surface area (Å²) in [5, 5.41) is 3.17. The first-order valence-corrected chi connectivity index (χ1v) is 4.39. The summed E-state index contributed by atoms with van der Waals surface area (Å²) < 4.78 is 4.94. The highest BCUT2D eigenvalue weighted by Crippen LogP contribution is 2.17. The molecule has 0 saturated carbocycles. The minimum absolute atomic E-state index is 0.111. The Morgan fingerprint density at radius 2 is 2.42 bits per heavy atom. The number of carbonyl (C=O) groups is 1. The second kappa shape index (κ2) is 3.03. The van der Waals surface area contributed by atoms with Crippen molar-refractivity contribution in [3.63, 3.8) is 0 Å². The predicted octanol–water partition coefficient (Wildman–Crippen LogP) is -0.794. The topological polar surface area (TPSA) is 44.9 Å². The number of ether oxygens (including phenoxy) is 1. The molecule has 2 rings (SSSR count). The molecule has 2 unspecified atom stereocenters. The van der Waals surface area contributed by atoms with Crippen LogP contribution in [0, 0.1) is 0 Å². The number of nitrogens with one attached hydrogen (secondary N) is 1. The second-order valence-corrected chi connectivity index (χ2v) is 3.38. The van der Waals surface area contributed by atoms with Crippen LogP contribution in [0.2, 0.25) is 0 Å². The molecule has 0 spiro atoms. The van der Waals surface area contributed by atoms with Gasteiger partial charge in [-0.15, -0.1) is 0 Å². The van der Waals surface area contributed by atoms with Gasteiger partial charge in [0.25, 0.3) is 5.91 Å². The number of epoxide rings is 1. The Morgan fingerprint density at radius 1 is 1.67 bits per heavy atom. The fourth-order valence-electron chi connectivity index (χ4n) is 1.59. The fourth-order valence-corrected chi connectivity index (χ4v) is 1.59. The smallest absolute Gasteiger partial charge is 0.254 e. The molecule has 0 aromatic heterocycles. The molecule has 2 atom stereocenters. The summed E-state index contributed by atoms with van der Waals surface area (Å²) in [4.78, 5) is 13.3. The predicted molar refractivity (Wildman–Crippen MR) is 43.8 cm³/mol. The highest BCUT2D eigenvalue weighted by molar-refractivity contribution is 5.83. The molecule has 0 bridgehead atoms. The van der Waals surface area contributed by atoms with Gasteiger partial charge in [0, 0.05) is 19.1 Å². The summed E-state index contributed by atoms with van der Waals surface area (Å²) in [5.74, 6) is 0.174. The van der Waals surface area contributed by atoms with Gasteiger partial charge in [-0.2, -0.15) is 0 Å². The van der Waals surface area contributed by atoms with E-state index in [2.05, 4.69) is 5.32 Å². The van der Waals surface area contributed by atoms with Crippen molar-refractivity contribution in [2.75, 3.05) is 26.7 Å². The summed E-state index contributed by atoms with van der Waals surface area (Å²) in [6.07, 6.45) is 0.954. The first-order chi connectivity index (χ1) is 5.81. The van der Waals surface area contributed by atoms with Crippen molar-refractivity contribution in [2.24, 2.45) is 0 Å². The molecule has 0 aliphatic carbocycles. The fraction of sp³-hybridized carbons (Fsp3) is 0.875. The number of hydrogen-bond acceptors (Lipinski definition) is 3. The standard InChI is InChI=1S/C8H14N2O2/c1-9-6-2-3-10(4-6)8(11)7-5-12-7/h6-7,9H,2-5H2,1H3. The summed E-state index contributed by atoms with van der Waals surface area (Å²) in [5.41, 5.74) is 0. The Bertz CT molecular complexity index is 191. The molecule has 1 N–H and O–H groups in total. The Kier molecular flexibility index (Phi) is 2.02. The van der Waals surface area contributed by atoms with Gasteiger partial charge in [-0.1, -0.05) is 0 Å². The van der Waals surface area contributed by atoms with Gasteiger partial charge in [0.1, 0.15) is 0 Å². The lowest BCUT2D eigenvalue weighted by molar-refractivity contribution is -0.131. The lowest BCUT2D eigenvalue weighted by Gasteiger charge is -2.14. The number of rotatable bonds is 2. The number of amides is 1. The van der Waals surface area contributed by atoms with Crippen molar-refractivity contribution >= 4 is 5.91 Å². The SMILES string of the molecule is CNC1CCN(C(=O)C2CO2)C1. The van der Waals surface area contributed by atoms with E-state index in [9.17, 15) is 4.79 Å². The van der Waals surface area contributed by atoms with E-state index in [-0.39, 0.29) is 12.0 Å². The first-order valence-electron chi connectivity index (χ1n) is 4.39. The maximum Gasteiger partial charge on any atom is 0.254 e. The Labute approximate surface area is 71.9 Å². The van der Waals surface area contributed by atoms with Crippen LogP contribution in [0.4, 0.5) is 0 Å². The van der Waals surface area contributed by atoms with Crippen LogP contribution in [0.1, 0.15) is 6.42 Å². The quantitative estimate of drug-likeness (QED) is 0.552. The first kappa shape index (κ1) is 8.01. The van der Waals surface area contributed by atoms with Crippen molar-refractivity contribution in [2.45, 2.75) is 18.6 Å². The molecule has 2 fully saturated rings. The normalized spacial score (nSPS) is 33.9. The molecule has 1 amide bonds. The van der Waals surface area contributed by atoms with Crippen LogP contribution in [-0.2, 0) is 9.53 Å². The Hall–Kier alpha value is -0.610. The molecule has 4 nitrogen and oxygen atoms in total. The van der Waals surface area contributed by atoms with E-state index < -0.39 is 0 Å². The van der Waals surface area contributed by atoms with Gasteiger partial charge in [0.15, 0.2) is 6.10 Å². The van der Waals surface area contributed by atoms with Gasteiger partial charge < -0.3 is 15.0 Å². The Balaban J connectivity index is 1.85. The van der Waals surface area contributed by atoms with Gasteiger partial charge in [-0.25, -0.2) is 0 Å².